The molecular weight excluding hydrogens is 306 g/mol. The normalized spacial score (nSPS) is 23.8. The van der Waals surface area contributed by atoms with Crippen LogP contribution in [0.15, 0.2) is 28.9 Å². The molecule has 1 saturated heterocycles. The van der Waals surface area contributed by atoms with E-state index in [2.05, 4.69) is 57.0 Å². The van der Waals surface area contributed by atoms with E-state index in [0.29, 0.717) is 6.04 Å². The van der Waals surface area contributed by atoms with Crippen LogP contribution in [0.2, 0.25) is 0 Å². The lowest BCUT2D eigenvalue weighted by molar-refractivity contribution is 0.0341. The van der Waals surface area contributed by atoms with Gasteiger partial charge in [-0.15, -0.1) is 5.10 Å². The molecule has 0 amide bonds. The van der Waals surface area contributed by atoms with Gasteiger partial charge >= 0.3 is 0 Å². The minimum absolute atomic E-state index is 0.226. The third kappa shape index (κ3) is 2.44. The zero-order valence-corrected chi connectivity index (χ0v) is 12.6. The smallest absolute Gasteiger partial charge is 0.159 e. The van der Waals surface area contributed by atoms with Crippen LogP contribution in [0.5, 0.6) is 0 Å². The first-order valence-electron chi connectivity index (χ1n) is 6.44. The molecule has 0 saturated carbocycles. The molecule has 2 heterocycles. The number of anilines is 1. The summed E-state index contributed by atoms with van der Waals surface area (Å²) >= 11 is 3.49. The summed E-state index contributed by atoms with van der Waals surface area (Å²) in [6.07, 6.45) is 2.03. The molecule has 1 aliphatic heterocycles. The predicted molar refractivity (Wildman–Crippen MR) is 79.5 cm³/mol. The highest BCUT2D eigenvalue weighted by molar-refractivity contribution is 9.10. The molecular formula is C14H16BrN3O. The lowest BCUT2D eigenvalue weighted by Crippen LogP contribution is -2.48. The van der Waals surface area contributed by atoms with Crippen molar-refractivity contribution in [1.29, 1.82) is 0 Å². The topological polar surface area (TPSA) is 38.2 Å². The van der Waals surface area contributed by atoms with E-state index < -0.39 is 0 Å². The summed E-state index contributed by atoms with van der Waals surface area (Å²) in [5, 5.41) is 10.7. The third-order valence-electron chi connectivity index (χ3n) is 3.48. The quantitative estimate of drug-likeness (QED) is 0.809. The van der Waals surface area contributed by atoms with Crippen molar-refractivity contribution in [3.05, 3.63) is 28.9 Å². The summed E-state index contributed by atoms with van der Waals surface area (Å²) in [5.41, 5.74) is 0. The summed E-state index contributed by atoms with van der Waals surface area (Å²) < 4.78 is 6.73. The van der Waals surface area contributed by atoms with Gasteiger partial charge in [0.2, 0.25) is 0 Å². The van der Waals surface area contributed by atoms with Crippen LogP contribution in [0.25, 0.3) is 10.8 Å². The molecule has 0 radical (unpaired) electrons. The van der Waals surface area contributed by atoms with Crippen LogP contribution >= 0.6 is 15.9 Å². The molecule has 4 nitrogen and oxygen atoms in total. The first-order chi connectivity index (χ1) is 9.15. The van der Waals surface area contributed by atoms with Gasteiger partial charge in [0.05, 0.1) is 24.9 Å². The second-order valence-electron chi connectivity index (χ2n) is 5.05. The maximum absolute atomic E-state index is 5.68. The van der Waals surface area contributed by atoms with E-state index in [1.165, 1.54) is 0 Å². The lowest BCUT2D eigenvalue weighted by atomic mass is 10.1. The Labute approximate surface area is 120 Å². The molecule has 100 valence electrons. The van der Waals surface area contributed by atoms with Crippen molar-refractivity contribution < 1.29 is 4.74 Å². The van der Waals surface area contributed by atoms with Gasteiger partial charge in [0.1, 0.15) is 0 Å². The fraction of sp³-hybridized carbons (Fsp3) is 0.429. The first kappa shape index (κ1) is 12.8. The van der Waals surface area contributed by atoms with Gasteiger partial charge in [-0.1, -0.05) is 15.9 Å². The molecule has 19 heavy (non-hydrogen) atoms. The number of morpholine rings is 1. The van der Waals surface area contributed by atoms with Gasteiger partial charge in [-0.2, -0.15) is 5.10 Å². The molecule has 2 atom stereocenters. The second kappa shape index (κ2) is 5.06. The van der Waals surface area contributed by atoms with Crippen LogP contribution in [0.4, 0.5) is 5.82 Å². The zero-order chi connectivity index (χ0) is 13.4. The molecule has 2 unspecified atom stereocenters. The first-order valence-corrected chi connectivity index (χ1v) is 7.23. The molecule has 2 aromatic rings. The van der Waals surface area contributed by atoms with Crippen molar-refractivity contribution in [2.75, 3.05) is 18.1 Å². The van der Waals surface area contributed by atoms with Crippen LogP contribution in [0, 0.1) is 0 Å². The Balaban J connectivity index is 2.09. The van der Waals surface area contributed by atoms with Gasteiger partial charge in [0.25, 0.3) is 0 Å². The van der Waals surface area contributed by atoms with E-state index in [1.54, 1.807) is 6.20 Å². The van der Waals surface area contributed by atoms with Crippen LogP contribution in [-0.2, 0) is 4.74 Å². The fourth-order valence-electron chi connectivity index (χ4n) is 2.45. The second-order valence-corrected chi connectivity index (χ2v) is 5.96. The average molecular weight is 322 g/mol. The molecule has 1 aromatic carbocycles. The molecule has 0 N–H and O–H groups in total. The van der Waals surface area contributed by atoms with E-state index in [-0.39, 0.29) is 6.10 Å². The lowest BCUT2D eigenvalue weighted by Gasteiger charge is -2.37. The van der Waals surface area contributed by atoms with Crippen molar-refractivity contribution >= 4 is 32.5 Å². The Bertz CT molecular complexity index is 604. The van der Waals surface area contributed by atoms with E-state index >= 15 is 0 Å². The van der Waals surface area contributed by atoms with E-state index in [9.17, 15) is 0 Å². The highest BCUT2D eigenvalue weighted by Crippen LogP contribution is 2.28. The third-order valence-corrected chi connectivity index (χ3v) is 3.98. The largest absolute Gasteiger partial charge is 0.375 e. The van der Waals surface area contributed by atoms with Crippen LogP contribution in [0.1, 0.15) is 13.8 Å². The number of halogens is 1. The van der Waals surface area contributed by atoms with E-state index in [1.807, 2.05) is 6.07 Å². The van der Waals surface area contributed by atoms with Crippen LogP contribution in [0.3, 0.4) is 0 Å². The highest BCUT2D eigenvalue weighted by atomic mass is 79.9. The number of nitrogens with zero attached hydrogens (tertiary/aromatic N) is 3. The Kier molecular flexibility index (Phi) is 3.41. The van der Waals surface area contributed by atoms with Crippen LogP contribution < -0.4 is 4.90 Å². The number of hydrogen-bond acceptors (Lipinski definition) is 4. The van der Waals surface area contributed by atoms with Crippen molar-refractivity contribution in [3.63, 3.8) is 0 Å². The predicted octanol–water partition coefficient (Wildman–Crippen LogP) is 3.01. The number of fused-ring (bicyclic) bond motifs is 1. The van der Waals surface area contributed by atoms with Gasteiger partial charge in [-0.25, -0.2) is 0 Å². The van der Waals surface area contributed by atoms with Gasteiger partial charge in [0, 0.05) is 21.8 Å². The van der Waals surface area contributed by atoms with Crippen molar-refractivity contribution in [3.8, 4) is 0 Å². The molecule has 0 aliphatic carbocycles. The molecule has 5 heteroatoms. The summed E-state index contributed by atoms with van der Waals surface area (Å²) in [5.74, 6) is 0.952. The molecule has 1 aliphatic rings. The maximum atomic E-state index is 5.68. The van der Waals surface area contributed by atoms with Gasteiger partial charge < -0.3 is 9.64 Å². The molecule has 1 aromatic heterocycles. The van der Waals surface area contributed by atoms with Gasteiger partial charge in [0.15, 0.2) is 5.82 Å². The standard InChI is InChI=1S/C14H16BrN3O/c1-9-8-19-10(2)7-18(9)14-13-4-3-12(15)5-11(13)6-16-17-14/h3-6,9-10H,7-8H2,1-2H3. The number of aromatic nitrogens is 2. The molecule has 3 rings (SSSR count). The Morgan fingerprint density at radius 1 is 1.37 bits per heavy atom. The summed E-state index contributed by atoms with van der Waals surface area (Å²) in [6, 6.07) is 6.53. The minimum Gasteiger partial charge on any atom is -0.375 e. The Hall–Kier alpha value is -1.20. The minimum atomic E-state index is 0.226. The fourth-order valence-corrected chi connectivity index (χ4v) is 2.83. The zero-order valence-electron chi connectivity index (χ0n) is 11.0. The number of benzene rings is 1. The van der Waals surface area contributed by atoms with Gasteiger partial charge in [-0.05, 0) is 32.0 Å². The highest BCUT2D eigenvalue weighted by Gasteiger charge is 2.26. The van der Waals surface area contributed by atoms with E-state index in [4.69, 9.17) is 4.74 Å². The monoisotopic (exact) mass is 321 g/mol. The molecule has 0 bridgehead atoms. The van der Waals surface area contributed by atoms with Crippen LogP contribution in [-0.4, -0.2) is 35.5 Å². The van der Waals surface area contributed by atoms with E-state index in [0.717, 1.165) is 34.2 Å². The van der Waals surface area contributed by atoms with Gasteiger partial charge in [-0.3, -0.25) is 0 Å². The molecule has 1 fully saturated rings. The summed E-state index contributed by atoms with van der Waals surface area (Å²) in [7, 11) is 0. The Morgan fingerprint density at radius 3 is 3.05 bits per heavy atom. The number of hydrogen-bond donors (Lipinski definition) is 0. The summed E-state index contributed by atoms with van der Waals surface area (Å²) in [6.45, 7) is 5.83. The summed E-state index contributed by atoms with van der Waals surface area (Å²) in [4.78, 5) is 2.29. The van der Waals surface area contributed by atoms with Crippen molar-refractivity contribution in [2.24, 2.45) is 0 Å². The average Bonchev–Trinajstić information content (AvgIpc) is 2.40. The number of rotatable bonds is 1. The Morgan fingerprint density at radius 2 is 2.21 bits per heavy atom. The SMILES string of the molecule is CC1CN(c2nncc3cc(Br)ccc23)C(C)CO1. The number of ether oxygens (including phenoxy) is 1. The van der Waals surface area contributed by atoms with Crippen molar-refractivity contribution in [2.45, 2.75) is 26.0 Å². The van der Waals surface area contributed by atoms with Crippen molar-refractivity contribution in [1.82, 2.24) is 10.2 Å². The molecule has 0 spiro atoms. The maximum Gasteiger partial charge on any atom is 0.159 e.